The number of rotatable bonds is 6. The van der Waals surface area contributed by atoms with Crippen molar-refractivity contribution in [3.05, 3.63) is 11.8 Å². The fourth-order valence-electron chi connectivity index (χ4n) is 2.80. The zero-order valence-corrected chi connectivity index (χ0v) is 15.1. The summed E-state index contributed by atoms with van der Waals surface area (Å²) in [6.45, 7) is 3.62. The molecular weight excluding hydrogens is 330 g/mol. The second-order valence-electron chi connectivity index (χ2n) is 6.58. The van der Waals surface area contributed by atoms with Gasteiger partial charge in [0.15, 0.2) is 5.82 Å². The first-order chi connectivity index (χ1) is 11.0. The average molecular weight is 358 g/mol. The Balaban J connectivity index is 0.00000288. The molecule has 0 saturated heterocycles. The molecule has 1 aliphatic rings. The van der Waals surface area contributed by atoms with Gasteiger partial charge in [-0.15, -0.1) is 12.4 Å². The molecule has 0 aliphatic heterocycles. The van der Waals surface area contributed by atoms with Gasteiger partial charge in [0.25, 0.3) is 0 Å². The number of carbonyl (C=O) groups excluding carboxylic acids is 2. The third-order valence-corrected chi connectivity index (χ3v) is 4.35. The van der Waals surface area contributed by atoms with Crippen molar-refractivity contribution in [2.45, 2.75) is 57.9 Å². The normalized spacial score (nSPS) is 16.3. The van der Waals surface area contributed by atoms with Crippen LogP contribution in [0.1, 0.15) is 57.6 Å². The molecule has 1 aromatic rings. The van der Waals surface area contributed by atoms with Crippen LogP contribution in [-0.2, 0) is 9.59 Å². The Labute approximate surface area is 148 Å². The van der Waals surface area contributed by atoms with Crippen molar-refractivity contribution < 1.29 is 9.59 Å². The van der Waals surface area contributed by atoms with Crippen molar-refractivity contribution >= 4 is 30.0 Å². The van der Waals surface area contributed by atoms with Gasteiger partial charge in [-0.2, -0.15) is 5.10 Å². The van der Waals surface area contributed by atoms with Crippen LogP contribution in [0.4, 0.5) is 5.82 Å². The summed E-state index contributed by atoms with van der Waals surface area (Å²) in [6.07, 6.45) is 6.12. The number of nitrogens with one attached hydrogen (secondary N) is 3. The molecule has 1 aromatic heterocycles. The molecule has 1 saturated carbocycles. The van der Waals surface area contributed by atoms with E-state index in [0.717, 1.165) is 5.69 Å². The lowest BCUT2D eigenvalue weighted by molar-refractivity contribution is -0.125. The van der Waals surface area contributed by atoms with Gasteiger partial charge in [0.2, 0.25) is 11.8 Å². The van der Waals surface area contributed by atoms with E-state index in [1.165, 1.54) is 32.1 Å². The molecular formula is C16H28ClN5O2. The van der Waals surface area contributed by atoms with Crippen LogP contribution in [0.2, 0.25) is 0 Å². The van der Waals surface area contributed by atoms with Crippen LogP contribution in [0.5, 0.6) is 0 Å². The van der Waals surface area contributed by atoms with E-state index in [9.17, 15) is 9.59 Å². The van der Waals surface area contributed by atoms with Crippen LogP contribution >= 0.6 is 12.4 Å². The smallest absolute Gasteiger partial charge is 0.244 e. The molecule has 1 fully saturated rings. The van der Waals surface area contributed by atoms with Gasteiger partial charge >= 0.3 is 0 Å². The van der Waals surface area contributed by atoms with Crippen molar-refractivity contribution in [2.24, 2.45) is 11.7 Å². The van der Waals surface area contributed by atoms with E-state index in [0.29, 0.717) is 11.7 Å². The van der Waals surface area contributed by atoms with Gasteiger partial charge < -0.3 is 16.4 Å². The van der Waals surface area contributed by atoms with Gasteiger partial charge in [-0.3, -0.25) is 14.7 Å². The number of nitrogens with two attached hydrogens (primary N) is 1. The highest BCUT2D eigenvalue weighted by atomic mass is 35.5. The van der Waals surface area contributed by atoms with Gasteiger partial charge in [0.1, 0.15) is 0 Å². The summed E-state index contributed by atoms with van der Waals surface area (Å²) >= 11 is 0. The number of nitrogens with zero attached hydrogens (tertiary/aromatic N) is 1. The number of aromatic amines is 1. The quantitative estimate of drug-likeness (QED) is 0.622. The van der Waals surface area contributed by atoms with Crippen LogP contribution in [0.3, 0.4) is 0 Å². The largest absolute Gasteiger partial charge is 0.346 e. The van der Waals surface area contributed by atoms with Gasteiger partial charge in [-0.05, 0) is 18.8 Å². The number of H-pyrrole nitrogens is 1. The highest BCUT2D eigenvalue weighted by Gasteiger charge is 2.19. The molecule has 5 N–H and O–H groups in total. The molecule has 0 bridgehead atoms. The van der Waals surface area contributed by atoms with Crippen LogP contribution in [0.25, 0.3) is 0 Å². The minimum atomic E-state index is -0.605. The molecule has 2 amide bonds. The number of anilines is 1. The maximum absolute atomic E-state index is 11.9. The summed E-state index contributed by atoms with van der Waals surface area (Å²) in [7, 11) is 0. The summed E-state index contributed by atoms with van der Waals surface area (Å²) in [6, 6.07) is 1.28. The van der Waals surface area contributed by atoms with Crippen molar-refractivity contribution in [3.63, 3.8) is 0 Å². The molecule has 0 radical (unpaired) electrons. The van der Waals surface area contributed by atoms with Crippen LogP contribution in [-0.4, -0.2) is 34.6 Å². The third-order valence-electron chi connectivity index (χ3n) is 4.35. The zero-order valence-electron chi connectivity index (χ0n) is 14.3. The average Bonchev–Trinajstić information content (AvgIpc) is 3.01. The first-order valence-electron chi connectivity index (χ1n) is 8.36. The number of halogens is 1. The van der Waals surface area contributed by atoms with Gasteiger partial charge in [0, 0.05) is 17.7 Å². The van der Waals surface area contributed by atoms with E-state index in [2.05, 4.69) is 20.8 Å². The van der Waals surface area contributed by atoms with Crippen molar-refractivity contribution in [2.75, 3.05) is 11.9 Å². The molecule has 0 unspecified atom stereocenters. The fraction of sp³-hybridized carbons (Fsp3) is 0.688. The molecule has 8 heteroatoms. The highest BCUT2D eigenvalue weighted by molar-refractivity contribution is 5.94. The Bertz CT molecular complexity index is 540. The second kappa shape index (κ2) is 9.64. The van der Waals surface area contributed by atoms with Crippen LogP contribution < -0.4 is 16.4 Å². The molecule has 24 heavy (non-hydrogen) atoms. The summed E-state index contributed by atoms with van der Waals surface area (Å²) in [5, 5.41) is 12.4. The predicted octanol–water partition coefficient (Wildman–Crippen LogP) is 1.92. The maximum Gasteiger partial charge on any atom is 0.244 e. The SMILES string of the molecule is CC(C)[C@H](N)C(=O)NCC(=O)Nc1cc(C2CCCCC2)[nH]n1.Cl. The Hall–Kier alpha value is -1.60. The first kappa shape index (κ1) is 20.4. The summed E-state index contributed by atoms with van der Waals surface area (Å²) in [5.41, 5.74) is 6.80. The molecule has 0 spiro atoms. The predicted molar refractivity (Wildman–Crippen MR) is 96.1 cm³/mol. The maximum atomic E-state index is 11.9. The van der Waals surface area contributed by atoms with E-state index < -0.39 is 6.04 Å². The summed E-state index contributed by atoms with van der Waals surface area (Å²) < 4.78 is 0. The molecule has 0 aromatic carbocycles. The third kappa shape index (κ3) is 5.79. The van der Waals surface area contributed by atoms with Crippen molar-refractivity contribution in [1.82, 2.24) is 15.5 Å². The molecule has 1 heterocycles. The number of hydrogen-bond acceptors (Lipinski definition) is 4. The standard InChI is InChI=1S/C16H27N5O2.ClH/c1-10(2)15(17)16(23)18-9-14(22)19-13-8-12(20-21-13)11-6-4-3-5-7-11;/h8,10-11,15H,3-7,9,17H2,1-2H3,(H,18,23)(H2,19,20,21,22);1H/t15-;/m0./s1. The van der Waals surface area contributed by atoms with Crippen molar-refractivity contribution in [3.8, 4) is 0 Å². The molecule has 2 rings (SSSR count). The van der Waals surface area contributed by atoms with E-state index in [1.807, 2.05) is 19.9 Å². The topological polar surface area (TPSA) is 113 Å². The van der Waals surface area contributed by atoms with Crippen molar-refractivity contribution in [1.29, 1.82) is 0 Å². The Kier molecular flexibility index (Phi) is 8.21. The summed E-state index contributed by atoms with van der Waals surface area (Å²) in [5.74, 6) is 0.405. The van der Waals surface area contributed by atoms with Gasteiger partial charge in [-0.1, -0.05) is 33.1 Å². The van der Waals surface area contributed by atoms with Gasteiger partial charge in [-0.25, -0.2) is 0 Å². The Morgan fingerprint density at radius 1 is 1.33 bits per heavy atom. The molecule has 136 valence electrons. The number of aromatic nitrogens is 2. The highest BCUT2D eigenvalue weighted by Crippen LogP contribution is 2.32. The van der Waals surface area contributed by atoms with E-state index in [-0.39, 0.29) is 36.7 Å². The number of amides is 2. The van der Waals surface area contributed by atoms with Crippen LogP contribution in [0, 0.1) is 5.92 Å². The molecule has 1 atom stereocenters. The van der Waals surface area contributed by atoms with E-state index >= 15 is 0 Å². The fourth-order valence-corrected chi connectivity index (χ4v) is 2.80. The minimum Gasteiger partial charge on any atom is -0.346 e. The van der Waals surface area contributed by atoms with E-state index in [4.69, 9.17) is 5.73 Å². The Morgan fingerprint density at radius 2 is 2.00 bits per heavy atom. The minimum absolute atomic E-state index is 0. The monoisotopic (exact) mass is 357 g/mol. The lowest BCUT2D eigenvalue weighted by Gasteiger charge is -2.19. The summed E-state index contributed by atoms with van der Waals surface area (Å²) in [4.78, 5) is 23.6. The Morgan fingerprint density at radius 3 is 2.62 bits per heavy atom. The van der Waals surface area contributed by atoms with Gasteiger partial charge in [0.05, 0.1) is 12.6 Å². The number of carbonyl (C=O) groups is 2. The lowest BCUT2D eigenvalue weighted by Crippen LogP contribution is -2.46. The van der Waals surface area contributed by atoms with E-state index in [1.54, 1.807) is 0 Å². The lowest BCUT2D eigenvalue weighted by atomic mass is 9.87. The molecule has 1 aliphatic carbocycles. The number of hydrogen-bond donors (Lipinski definition) is 4. The molecule has 7 nitrogen and oxygen atoms in total. The van der Waals surface area contributed by atoms with Crippen LogP contribution in [0.15, 0.2) is 6.07 Å². The first-order valence-corrected chi connectivity index (χ1v) is 8.36. The zero-order chi connectivity index (χ0) is 16.8. The second-order valence-corrected chi connectivity index (χ2v) is 6.58.